The van der Waals surface area contributed by atoms with Crippen molar-refractivity contribution in [2.45, 2.75) is 39.5 Å². The molecule has 3 rings (SSSR count). The van der Waals surface area contributed by atoms with Crippen molar-refractivity contribution in [2.24, 2.45) is 0 Å². The van der Waals surface area contributed by atoms with Crippen molar-refractivity contribution in [3.8, 4) is 0 Å². The van der Waals surface area contributed by atoms with Crippen molar-refractivity contribution >= 4 is 0 Å². The summed E-state index contributed by atoms with van der Waals surface area (Å²) in [5, 5.41) is 11.5. The highest BCUT2D eigenvalue weighted by atomic mass is 16.3. The zero-order chi connectivity index (χ0) is 13.8. The Labute approximate surface area is 118 Å². The normalized spacial score (nSPS) is 15.4. The molecule has 0 amide bonds. The summed E-state index contributed by atoms with van der Waals surface area (Å²) in [5.74, 6) is 2.09. The second kappa shape index (κ2) is 6.19. The van der Waals surface area contributed by atoms with E-state index >= 15 is 0 Å². The zero-order valence-electron chi connectivity index (χ0n) is 11.9. The van der Waals surface area contributed by atoms with E-state index in [1.165, 1.54) is 5.56 Å². The summed E-state index contributed by atoms with van der Waals surface area (Å²) in [6, 6.07) is 2.06. The van der Waals surface area contributed by atoms with E-state index in [1.807, 2.05) is 0 Å². The predicted octanol–water partition coefficient (Wildman–Crippen LogP) is 1.39. The van der Waals surface area contributed by atoms with Crippen LogP contribution in [0.3, 0.4) is 0 Å². The van der Waals surface area contributed by atoms with E-state index in [1.54, 1.807) is 12.6 Å². The highest BCUT2D eigenvalue weighted by Gasteiger charge is 2.19. The lowest BCUT2D eigenvalue weighted by Crippen LogP contribution is -2.33. The first-order chi connectivity index (χ1) is 9.86. The van der Waals surface area contributed by atoms with Gasteiger partial charge < -0.3 is 14.3 Å². The number of hydrogen-bond donors (Lipinski definition) is 1. The van der Waals surface area contributed by atoms with Crippen LogP contribution < -0.4 is 5.32 Å². The van der Waals surface area contributed by atoms with Crippen molar-refractivity contribution in [3.05, 3.63) is 35.8 Å². The first-order valence-electron chi connectivity index (χ1n) is 7.22. The van der Waals surface area contributed by atoms with Crippen LogP contribution in [0.25, 0.3) is 0 Å². The number of nitrogens with zero attached hydrogens (tertiary/aromatic N) is 4. The monoisotopic (exact) mass is 275 g/mol. The lowest BCUT2D eigenvalue weighted by atomic mass is 10.2. The molecular weight excluding hydrogens is 254 g/mol. The van der Waals surface area contributed by atoms with Crippen LogP contribution in [-0.4, -0.2) is 32.8 Å². The number of aromatic nitrogens is 3. The van der Waals surface area contributed by atoms with Gasteiger partial charge in [0.25, 0.3) is 0 Å². The predicted molar refractivity (Wildman–Crippen MR) is 74.8 cm³/mol. The van der Waals surface area contributed by atoms with Gasteiger partial charge in [0.05, 0.1) is 19.4 Å². The Bertz CT molecular complexity index is 547. The summed E-state index contributed by atoms with van der Waals surface area (Å²) in [6.45, 7) is 7.72. The average Bonchev–Trinajstić information content (AvgIpc) is 3.08. The molecule has 2 aromatic heterocycles. The molecule has 0 unspecified atom stereocenters. The summed E-state index contributed by atoms with van der Waals surface area (Å²) >= 11 is 0. The van der Waals surface area contributed by atoms with E-state index in [-0.39, 0.29) is 0 Å². The Balaban J connectivity index is 1.60. The van der Waals surface area contributed by atoms with Crippen LogP contribution in [0.5, 0.6) is 0 Å². The summed E-state index contributed by atoms with van der Waals surface area (Å²) < 4.78 is 7.76. The van der Waals surface area contributed by atoms with Crippen LogP contribution in [0, 0.1) is 0 Å². The second-order valence-corrected chi connectivity index (χ2v) is 5.20. The molecule has 0 fully saturated rings. The number of rotatable bonds is 6. The highest BCUT2D eigenvalue weighted by Crippen LogP contribution is 2.17. The fraction of sp³-hybridized carbons (Fsp3) is 0.571. The van der Waals surface area contributed by atoms with Gasteiger partial charge in [-0.3, -0.25) is 4.90 Å². The summed E-state index contributed by atoms with van der Waals surface area (Å²) in [6.07, 6.45) is 4.74. The van der Waals surface area contributed by atoms with Crippen LogP contribution in [0.15, 0.2) is 23.1 Å². The molecule has 20 heavy (non-hydrogen) atoms. The highest BCUT2D eigenvalue weighted by molar-refractivity contribution is 5.17. The first kappa shape index (κ1) is 13.3. The first-order valence-corrected chi connectivity index (χ1v) is 7.22. The Morgan fingerprint density at radius 2 is 2.35 bits per heavy atom. The van der Waals surface area contributed by atoms with Crippen LogP contribution >= 0.6 is 0 Å². The number of nitrogens with one attached hydrogen (secondary N) is 1. The molecule has 0 atom stereocenters. The second-order valence-electron chi connectivity index (χ2n) is 5.20. The SMILES string of the molecule is CCCNCc1ccoc1CN1CCn2cnnc2C1. The molecule has 0 bridgehead atoms. The number of hydrogen-bond acceptors (Lipinski definition) is 5. The van der Waals surface area contributed by atoms with Gasteiger partial charge in [-0.1, -0.05) is 6.92 Å². The average molecular weight is 275 g/mol. The number of fused-ring (bicyclic) bond motifs is 1. The maximum atomic E-state index is 5.64. The van der Waals surface area contributed by atoms with E-state index in [4.69, 9.17) is 4.42 Å². The minimum absolute atomic E-state index is 0.836. The molecule has 0 aliphatic carbocycles. The van der Waals surface area contributed by atoms with Gasteiger partial charge in [0.15, 0.2) is 0 Å². The van der Waals surface area contributed by atoms with Gasteiger partial charge in [0.2, 0.25) is 0 Å². The number of furan rings is 1. The topological polar surface area (TPSA) is 59.1 Å². The molecule has 3 heterocycles. The van der Waals surface area contributed by atoms with Crippen molar-refractivity contribution in [1.82, 2.24) is 25.0 Å². The third-order valence-corrected chi connectivity index (χ3v) is 3.67. The summed E-state index contributed by atoms with van der Waals surface area (Å²) in [5.41, 5.74) is 1.26. The van der Waals surface area contributed by atoms with Crippen LogP contribution in [0.1, 0.15) is 30.5 Å². The molecule has 1 aliphatic heterocycles. The van der Waals surface area contributed by atoms with Crippen LogP contribution in [-0.2, 0) is 26.2 Å². The summed E-state index contributed by atoms with van der Waals surface area (Å²) in [4.78, 5) is 2.35. The van der Waals surface area contributed by atoms with Gasteiger partial charge in [0, 0.05) is 25.2 Å². The van der Waals surface area contributed by atoms with E-state index in [0.717, 1.165) is 57.3 Å². The van der Waals surface area contributed by atoms with Crippen LogP contribution in [0.4, 0.5) is 0 Å². The summed E-state index contributed by atoms with van der Waals surface area (Å²) in [7, 11) is 0. The standard InChI is InChI=1S/C14H21N5O/c1-2-4-15-8-12-3-7-20-13(12)9-18-5-6-19-11-16-17-14(19)10-18/h3,7,11,15H,2,4-6,8-10H2,1H3. The minimum Gasteiger partial charge on any atom is -0.468 e. The van der Waals surface area contributed by atoms with Crippen molar-refractivity contribution < 1.29 is 4.42 Å². The molecule has 1 aliphatic rings. The van der Waals surface area contributed by atoms with Crippen molar-refractivity contribution in [2.75, 3.05) is 13.1 Å². The molecule has 0 spiro atoms. The smallest absolute Gasteiger partial charge is 0.147 e. The lowest BCUT2D eigenvalue weighted by Gasteiger charge is -2.26. The quantitative estimate of drug-likeness (QED) is 0.807. The Hall–Kier alpha value is -1.66. The molecule has 108 valence electrons. The third kappa shape index (κ3) is 2.91. The fourth-order valence-corrected chi connectivity index (χ4v) is 2.52. The Kier molecular flexibility index (Phi) is 4.13. The largest absolute Gasteiger partial charge is 0.468 e. The Morgan fingerprint density at radius 3 is 3.25 bits per heavy atom. The molecule has 6 heteroatoms. The maximum Gasteiger partial charge on any atom is 0.147 e. The molecular formula is C14H21N5O. The van der Waals surface area contributed by atoms with E-state index in [9.17, 15) is 0 Å². The van der Waals surface area contributed by atoms with Gasteiger partial charge in [0.1, 0.15) is 17.9 Å². The molecule has 2 aromatic rings. The fourth-order valence-electron chi connectivity index (χ4n) is 2.52. The molecule has 6 nitrogen and oxygen atoms in total. The van der Waals surface area contributed by atoms with Crippen molar-refractivity contribution in [3.63, 3.8) is 0 Å². The van der Waals surface area contributed by atoms with Gasteiger partial charge in [-0.25, -0.2) is 0 Å². The van der Waals surface area contributed by atoms with E-state index in [0.29, 0.717) is 0 Å². The molecule has 0 saturated carbocycles. The van der Waals surface area contributed by atoms with E-state index in [2.05, 4.69) is 38.0 Å². The van der Waals surface area contributed by atoms with Gasteiger partial charge in [-0.05, 0) is 19.0 Å². The third-order valence-electron chi connectivity index (χ3n) is 3.67. The lowest BCUT2D eigenvalue weighted by molar-refractivity contribution is 0.193. The molecule has 0 radical (unpaired) electrons. The molecule has 0 aromatic carbocycles. The zero-order valence-corrected chi connectivity index (χ0v) is 11.9. The minimum atomic E-state index is 0.836. The molecule has 1 N–H and O–H groups in total. The van der Waals surface area contributed by atoms with Gasteiger partial charge in [-0.15, -0.1) is 10.2 Å². The molecule has 0 saturated heterocycles. The van der Waals surface area contributed by atoms with Crippen molar-refractivity contribution in [1.29, 1.82) is 0 Å². The van der Waals surface area contributed by atoms with Gasteiger partial charge in [-0.2, -0.15) is 0 Å². The Morgan fingerprint density at radius 1 is 1.40 bits per heavy atom. The van der Waals surface area contributed by atoms with E-state index < -0.39 is 0 Å². The van der Waals surface area contributed by atoms with Crippen LogP contribution in [0.2, 0.25) is 0 Å². The van der Waals surface area contributed by atoms with Gasteiger partial charge >= 0.3 is 0 Å². The maximum absolute atomic E-state index is 5.64.